The van der Waals surface area contributed by atoms with E-state index in [0.29, 0.717) is 12.1 Å². The van der Waals surface area contributed by atoms with Crippen molar-refractivity contribution in [2.24, 2.45) is 0 Å². The minimum Gasteiger partial charge on any atom is -0.324 e. The average Bonchev–Trinajstić information content (AvgIpc) is 3.33. The number of benzene rings is 2. The molecule has 0 aliphatic rings. The van der Waals surface area contributed by atoms with Crippen LogP contribution in [0.5, 0.6) is 0 Å². The summed E-state index contributed by atoms with van der Waals surface area (Å²) in [5.74, 6) is 0. The van der Waals surface area contributed by atoms with Crippen molar-refractivity contribution in [2.45, 2.75) is 11.4 Å². The number of carbonyl (C=O) groups excluding carboxylic acids is 1. The molecule has 1 N–H and O–H groups in total. The number of nitro groups is 1. The number of aldehydes is 1. The molecule has 2 heterocycles. The number of non-ortho nitro benzene ring substituents is 1. The summed E-state index contributed by atoms with van der Waals surface area (Å²) < 4.78 is 3.25. The first-order valence-corrected chi connectivity index (χ1v) is 12.0. The van der Waals surface area contributed by atoms with E-state index in [0.717, 1.165) is 43.3 Å². The van der Waals surface area contributed by atoms with Gasteiger partial charge in [-0.15, -0.1) is 11.3 Å². The van der Waals surface area contributed by atoms with Crippen LogP contribution in [0.25, 0.3) is 20.9 Å². The number of nitro benzene ring substituents is 1. The molecule has 0 radical (unpaired) electrons. The van der Waals surface area contributed by atoms with Gasteiger partial charge in [-0.2, -0.15) is 0 Å². The molecule has 0 aliphatic heterocycles. The minimum atomic E-state index is -0.412. The molecule has 4 aromatic rings. The predicted octanol–water partition coefficient (Wildman–Crippen LogP) is 6.38. The highest BCUT2D eigenvalue weighted by Gasteiger charge is 2.10. The summed E-state index contributed by atoms with van der Waals surface area (Å²) >= 11 is 3.04. The highest BCUT2D eigenvalue weighted by atomic mass is 32.2. The largest absolute Gasteiger partial charge is 0.324 e. The number of nitrogens with one attached hydrogen (secondary N) is 1. The highest BCUT2D eigenvalue weighted by Crippen LogP contribution is 2.36. The number of nitrogens with zero attached hydrogens (tertiary/aromatic N) is 3. The zero-order valence-electron chi connectivity index (χ0n) is 18.6. The Hall–Kier alpha value is -3.53. The quantitative estimate of drug-likeness (QED) is 0.126. The predicted molar refractivity (Wildman–Crippen MR) is 138 cm³/mol. The van der Waals surface area contributed by atoms with Crippen LogP contribution in [0.2, 0.25) is 0 Å². The minimum absolute atomic E-state index is 0.0659. The Morgan fingerprint density at radius 2 is 1.76 bits per heavy atom. The van der Waals surface area contributed by atoms with Crippen LogP contribution in [0.15, 0.2) is 78.0 Å². The van der Waals surface area contributed by atoms with E-state index in [1.807, 2.05) is 43.4 Å². The van der Waals surface area contributed by atoms with Gasteiger partial charge in [0, 0.05) is 50.7 Å². The molecule has 0 saturated carbocycles. The van der Waals surface area contributed by atoms with E-state index in [1.165, 1.54) is 24.1 Å². The molecule has 34 heavy (non-hydrogen) atoms. The van der Waals surface area contributed by atoms with Crippen molar-refractivity contribution in [3.8, 4) is 20.9 Å². The molecular weight excluding hydrogens is 468 g/mol. The highest BCUT2D eigenvalue weighted by molar-refractivity contribution is 8.00. The molecule has 4 rings (SSSR count). The van der Waals surface area contributed by atoms with Gasteiger partial charge in [-0.1, -0.05) is 12.1 Å². The smallest absolute Gasteiger partial charge is 0.269 e. The van der Waals surface area contributed by atoms with Crippen LogP contribution in [0, 0.1) is 10.1 Å². The maximum Gasteiger partial charge on any atom is 0.269 e. The van der Waals surface area contributed by atoms with Crippen LogP contribution < -0.4 is 4.72 Å². The van der Waals surface area contributed by atoms with E-state index in [4.69, 9.17) is 0 Å². The topological polar surface area (TPSA) is 88.4 Å². The lowest BCUT2D eigenvalue weighted by Crippen LogP contribution is -2.12. The normalized spacial score (nSPS) is 10.9. The first-order chi connectivity index (χ1) is 16.4. The molecule has 0 atom stereocenters. The summed E-state index contributed by atoms with van der Waals surface area (Å²) in [5.41, 5.74) is 4.68. The fourth-order valence-corrected chi connectivity index (χ4v) is 4.99. The summed E-state index contributed by atoms with van der Waals surface area (Å²) in [6.45, 7) is 0.699. The summed E-state index contributed by atoms with van der Waals surface area (Å²) in [4.78, 5) is 31.3. The molecule has 2 aromatic heterocycles. The second-order valence-electron chi connectivity index (χ2n) is 7.85. The molecule has 2 aromatic carbocycles. The van der Waals surface area contributed by atoms with Crippen molar-refractivity contribution in [3.63, 3.8) is 0 Å². The maximum absolute atomic E-state index is 11.4. The van der Waals surface area contributed by atoms with E-state index >= 15 is 0 Å². The van der Waals surface area contributed by atoms with Crippen molar-refractivity contribution in [1.29, 1.82) is 0 Å². The Balaban J connectivity index is 1.50. The third kappa shape index (κ3) is 5.69. The number of aromatic nitrogens is 1. The van der Waals surface area contributed by atoms with Gasteiger partial charge >= 0.3 is 0 Å². The van der Waals surface area contributed by atoms with Crippen molar-refractivity contribution < 1.29 is 9.72 Å². The zero-order valence-corrected chi connectivity index (χ0v) is 20.2. The number of pyridine rings is 1. The summed E-state index contributed by atoms with van der Waals surface area (Å²) in [7, 11) is 3.97. The molecule has 0 bridgehead atoms. The second kappa shape index (κ2) is 10.6. The van der Waals surface area contributed by atoms with Crippen molar-refractivity contribution in [2.75, 3.05) is 18.8 Å². The fourth-order valence-electron chi connectivity index (χ4n) is 3.38. The van der Waals surface area contributed by atoms with Gasteiger partial charge in [-0.25, -0.2) is 0 Å². The molecule has 0 fully saturated rings. The standard InChI is InChI=1S/C25H22N4O3S2/c1-28(2)15-20-11-17(3-4-18(20)16-30)24-9-10-25(33-24)19-12-21(14-26-13-19)27-34-23-7-5-22(6-8-23)29(31)32/h3-14,16,27H,15H2,1-2H3. The van der Waals surface area contributed by atoms with Gasteiger partial charge in [0.1, 0.15) is 6.29 Å². The molecule has 0 saturated heterocycles. The molecule has 172 valence electrons. The van der Waals surface area contributed by atoms with Crippen LogP contribution in [0.3, 0.4) is 0 Å². The van der Waals surface area contributed by atoms with Crippen LogP contribution in [0.4, 0.5) is 11.4 Å². The van der Waals surface area contributed by atoms with E-state index in [9.17, 15) is 14.9 Å². The van der Waals surface area contributed by atoms with Gasteiger partial charge in [-0.05, 0) is 73.6 Å². The van der Waals surface area contributed by atoms with Crippen molar-refractivity contribution in [3.05, 3.63) is 94.3 Å². The van der Waals surface area contributed by atoms with E-state index < -0.39 is 4.92 Å². The van der Waals surface area contributed by atoms with E-state index in [1.54, 1.807) is 29.7 Å². The lowest BCUT2D eigenvalue weighted by molar-refractivity contribution is -0.384. The van der Waals surface area contributed by atoms with Crippen LogP contribution >= 0.6 is 23.3 Å². The van der Waals surface area contributed by atoms with Gasteiger partial charge in [0.2, 0.25) is 0 Å². The Morgan fingerprint density at radius 3 is 2.44 bits per heavy atom. The molecule has 0 spiro atoms. The zero-order chi connectivity index (χ0) is 24.1. The number of carbonyl (C=O) groups is 1. The first kappa shape index (κ1) is 23.6. The number of hydrogen-bond acceptors (Lipinski definition) is 8. The van der Waals surface area contributed by atoms with Crippen LogP contribution in [-0.2, 0) is 6.54 Å². The maximum atomic E-state index is 11.4. The lowest BCUT2D eigenvalue weighted by Gasteiger charge is -2.12. The molecule has 7 nitrogen and oxygen atoms in total. The number of hydrogen-bond donors (Lipinski definition) is 1. The summed E-state index contributed by atoms with van der Waals surface area (Å²) in [6.07, 6.45) is 4.47. The number of rotatable bonds is 9. The average molecular weight is 491 g/mol. The Labute approximate surface area is 205 Å². The summed E-state index contributed by atoms with van der Waals surface area (Å²) in [5, 5.41) is 10.8. The van der Waals surface area contributed by atoms with Gasteiger partial charge in [0.05, 0.1) is 16.8 Å². The van der Waals surface area contributed by atoms with Gasteiger partial charge in [0.25, 0.3) is 5.69 Å². The number of anilines is 1. The molecule has 9 heteroatoms. The molecule has 0 unspecified atom stereocenters. The van der Waals surface area contributed by atoms with Gasteiger partial charge in [-0.3, -0.25) is 19.9 Å². The van der Waals surface area contributed by atoms with Gasteiger partial charge < -0.3 is 9.62 Å². The van der Waals surface area contributed by atoms with Crippen molar-refractivity contribution >= 4 is 40.9 Å². The van der Waals surface area contributed by atoms with Crippen LogP contribution in [0.1, 0.15) is 15.9 Å². The van der Waals surface area contributed by atoms with E-state index in [2.05, 4.69) is 27.9 Å². The number of thiophene rings is 1. The molecular formula is C25H22N4O3S2. The molecule has 0 aliphatic carbocycles. The van der Waals surface area contributed by atoms with Crippen LogP contribution in [-0.4, -0.2) is 35.2 Å². The Bertz CT molecular complexity index is 1320. The monoisotopic (exact) mass is 490 g/mol. The molecule has 0 amide bonds. The van der Waals surface area contributed by atoms with Gasteiger partial charge in [0.15, 0.2) is 0 Å². The third-order valence-corrected chi connectivity index (χ3v) is 7.03. The Kier molecular flexibility index (Phi) is 7.36. The fraction of sp³-hybridized carbons (Fsp3) is 0.120. The van der Waals surface area contributed by atoms with Crippen molar-refractivity contribution in [1.82, 2.24) is 9.88 Å². The lowest BCUT2D eigenvalue weighted by atomic mass is 10.0. The van der Waals surface area contributed by atoms with E-state index in [-0.39, 0.29) is 5.69 Å². The Morgan fingerprint density at radius 1 is 1.03 bits per heavy atom. The summed E-state index contributed by atoms with van der Waals surface area (Å²) in [6, 6.07) is 18.5. The SMILES string of the molecule is CN(C)Cc1cc(-c2ccc(-c3cncc(NSc4ccc([N+](=O)[O-])cc4)c3)s2)ccc1C=O. The third-order valence-electron chi connectivity index (χ3n) is 5.00. The second-order valence-corrected chi connectivity index (χ2v) is 9.81. The first-order valence-electron chi connectivity index (χ1n) is 10.4.